The minimum absolute atomic E-state index is 0.00693. The van der Waals surface area contributed by atoms with Crippen molar-refractivity contribution >= 4 is 28.6 Å². The van der Waals surface area contributed by atoms with E-state index in [-0.39, 0.29) is 52.5 Å². The molecule has 0 spiro atoms. The molecule has 4 rings (SSSR count). The SMILES string of the molecule is CCOC(=O)c1cc2c(=O)n3ccccc3nc2n(CCCOC(C)C)c1=NC(=O)c1cc(OCC)c(OCC)c(OCC)c1. The number of benzene rings is 1. The van der Waals surface area contributed by atoms with Crippen molar-refractivity contribution in [1.29, 1.82) is 0 Å². The fraction of sp³-hybridized carbons (Fsp3) is 0.424. The van der Waals surface area contributed by atoms with Crippen molar-refractivity contribution in [3.8, 4) is 17.2 Å². The summed E-state index contributed by atoms with van der Waals surface area (Å²) in [5.41, 5.74) is 0.414. The highest BCUT2D eigenvalue weighted by atomic mass is 16.5. The molecule has 0 aliphatic carbocycles. The molecule has 4 aromatic rings. The van der Waals surface area contributed by atoms with Gasteiger partial charge in [0.05, 0.1) is 37.9 Å². The Balaban J connectivity index is 2.03. The highest BCUT2D eigenvalue weighted by Crippen LogP contribution is 2.39. The van der Waals surface area contributed by atoms with E-state index in [1.54, 1.807) is 35.9 Å². The van der Waals surface area contributed by atoms with Crippen LogP contribution in [0.25, 0.3) is 16.7 Å². The van der Waals surface area contributed by atoms with Crippen LogP contribution in [0.1, 0.15) is 68.7 Å². The van der Waals surface area contributed by atoms with Crippen molar-refractivity contribution in [2.24, 2.45) is 4.99 Å². The molecule has 0 aliphatic rings. The molecule has 0 aliphatic heterocycles. The number of carbonyl (C=O) groups excluding carboxylic acids is 2. The number of rotatable bonds is 14. The molecular weight excluding hydrogens is 580 g/mol. The molecule has 0 unspecified atom stereocenters. The molecule has 12 nitrogen and oxygen atoms in total. The Morgan fingerprint density at radius 2 is 1.62 bits per heavy atom. The summed E-state index contributed by atoms with van der Waals surface area (Å²) in [7, 11) is 0. The van der Waals surface area contributed by atoms with E-state index in [0.29, 0.717) is 55.7 Å². The maximum absolute atomic E-state index is 13.9. The first-order valence-electron chi connectivity index (χ1n) is 15.2. The van der Waals surface area contributed by atoms with Crippen LogP contribution in [0, 0.1) is 0 Å². The van der Waals surface area contributed by atoms with Crippen LogP contribution >= 0.6 is 0 Å². The van der Waals surface area contributed by atoms with E-state index >= 15 is 0 Å². The zero-order valence-electron chi connectivity index (χ0n) is 26.6. The lowest BCUT2D eigenvalue weighted by molar-refractivity contribution is 0.0523. The van der Waals surface area contributed by atoms with E-state index in [9.17, 15) is 14.4 Å². The van der Waals surface area contributed by atoms with Gasteiger partial charge in [-0.2, -0.15) is 4.99 Å². The first-order valence-corrected chi connectivity index (χ1v) is 15.2. The van der Waals surface area contributed by atoms with Gasteiger partial charge in [-0.1, -0.05) is 6.07 Å². The average molecular weight is 621 g/mol. The molecule has 45 heavy (non-hydrogen) atoms. The summed E-state index contributed by atoms with van der Waals surface area (Å²) in [6.45, 7) is 12.7. The highest BCUT2D eigenvalue weighted by molar-refractivity contribution is 5.98. The molecule has 3 heterocycles. The van der Waals surface area contributed by atoms with Crippen LogP contribution in [0.3, 0.4) is 0 Å². The van der Waals surface area contributed by atoms with Crippen molar-refractivity contribution in [3.63, 3.8) is 0 Å². The molecule has 0 radical (unpaired) electrons. The topological polar surface area (TPSA) is 132 Å². The van der Waals surface area contributed by atoms with Gasteiger partial charge in [0, 0.05) is 24.9 Å². The van der Waals surface area contributed by atoms with Crippen LogP contribution in [-0.2, 0) is 16.0 Å². The van der Waals surface area contributed by atoms with E-state index in [2.05, 4.69) is 4.99 Å². The first-order chi connectivity index (χ1) is 21.7. The van der Waals surface area contributed by atoms with Gasteiger partial charge in [-0.05, 0) is 78.3 Å². The summed E-state index contributed by atoms with van der Waals surface area (Å²) in [5, 5.41) is 0.177. The second-order valence-electron chi connectivity index (χ2n) is 10.1. The predicted octanol–water partition coefficient (Wildman–Crippen LogP) is 4.58. The molecule has 0 bridgehead atoms. The maximum atomic E-state index is 13.9. The average Bonchev–Trinajstić information content (AvgIpc) is 3.01. The van der Waals surface area contributed by atoms with E-state index in [0.717, 1.165) is 0 Å². The maximum Gasteiger partial charge on any atom is 0.341 e. The largest absolute Gasteiger partial charge is 0.490 e. The number of hydrogen-bond acceptors (Lipinski definition) is 9. The van der Waals surface area contributed by atoms with Crippen molar-refractivity contribution in [2.45, 2.75) is 60.6 Å². The number of ether oxygens (including phenoxy) is 5. The van der Waals surface area contributed by atoms with Crippen LogP contribution in [0.2, 0.25) is 0 Å². The number of esters is 1. The standard InChI is InChI=1S/C33H40N4O8/c1-7-41-25-18-22(19-26(42-8-2)28(25)43-9-3)31(38)35-30-24(33(40)44-10-4)20-23-29(37(30)16-13-17-45-21(5)6)34-27-14-11-12-15-36(27)32(23)39/h11-12,14-15,18-21H,7-10,13,16-17H2,1-6H3. The molecule has 0 atom stereocenters. The van der Waals surface area contributed by atoms with Crippen LogP contribution < -0.4 is 25.3 Å². The molecule has 1 amide bonds. The predicted molar refractivity (Wildman–Crippen MR) is 168 cm³/mol. The molecule has 1 aromatic carbocycles. The minimum Gasteiger partial charge on any atom is -0.490 e. The number of aromatic nitrogens is 3. The lowest BCUT2D eigenvalue weighted by atomic mass is 10.1. The van der Waals surface area contributed by atoms with Crippen molar-refractivity contribution < 1.29 is 33.3 Å². The van der Waals surface area contributed by atoms with Gasteiger partial charge in [0.15, 0.2) is 17.0 Å². The first kappa shape index (κ1) is 33.2. The number of aryl methyl sites for hydroxylation is 1. The number of pyridine rings is 2. The Morgan fingerprint density at radius 1 is 0.933 bits per heavy atom. The van der Waals surface area contributed by atoms with Gasteiger partial charge in [0.25, 0.3) is 11.5 Å². The molecule has 0 saturated heterocycles. The molecule has 12 heteroatoms. The third-order valence-electron chi connectivity index (χ3n) is 6.63. The second kappa shape index (κ2) is 15.3. The van der Waals surface area contributed by atoms with E-state index in [1.807, 2.05) is 34.6 Å². The summed E-state index contributed by atoms with van der Waals surface area (Å²) < 4.78 is 31.5. The molecular formula is C33H40N4O8. The Labute approximate surface area is 261 Å². The zero-order valence-corrected chi connectivity index (χ0v) is 26.6. The van der Waals surface area contributed by atoms with Gasteiger partial charge in [0.1, 0.15) is 16.9 Å². The number of nitrogens with zero attached hydrogens (tertiary/aromatic N) is 4. The van der Waals surface area contributed by atoms with Crippen LogP contribution in [0.5, 0.6) is 17.2 Å². The number of carbonyl (C=O) groups is 2. The molecule has 0 N–H and O–H groups in total. The van der Waals surface area contributed by atoms with Gasteiger partial charge >= 0.3 is 5.97 Å². The molecule has 0 saturated carbocycles. The van der Waals surface area contributed by atoms with Crippen LogP contribution in [0.4, 0.5) is 0 Å². The van der Waals surface area contributed by atoms with Crippen LogP contribution in [-0.4, -0.2) is 65.0 Å². The fourth-order valence-electron chi connectivity index (χ4n) is 4.78. The summed E-state index contributed by atoms with van der Waals surface area (Å²) in [4.78, 5) is 50.1. The summed E-state index contributed by atoms with van der Waals surface area (Å²) >= 11 is 0. The smallest absolute Gasteiger partial charge is 0.341 e. The Bertz CT molecular complexity index is 1780. The quantitative estimate of drug-likeness (QED) is 0.113. The zero-order chi connectivity index (χ0) is 32.5. The fourth-order valence-corrected chi connectivity index (χ4v) is 4.78. The number of fused-ring (bicyclic) bond motifs is 2. The lowest BCUT2D eigenvalue weighted by Crippen LogP contribution is -2.33. The lowest BCUT2D eigenvalue weighted by Gasteiger charge is -2.17. The normalized spacial score (nSPS) is 11.8. The van der Waals surface area contributed by atoms with Crippen LogP contribution in [0.15, 0.2) is 52.4 Å². The molecule has 240 valence electrons. The second-order valence-corrected chi connectivity index (χ2v) is 10.1. The van der Waals surface area contributed by atoms with Gasteiger partial charge in [-0.25, -0.2) is 9.78 Å². The monoisotopic (exact) mass is 620 g/mol. The van der Waals surface area contributed by atoms with Gasteiger partial charge in [-0.15, -0.1) is 0 Å². The Morgan fingerprint density at radius 3 is 2.24 bits per heavy atom. The van der Waals surface area contributed by atoms with Crippen molar-refractivity contribution in [1.82, 2.24) is 14.0 Å². The van der Waals surface area contributed by atoms with Crippen molar-refractivity contribution in [2.75, 3.05) is 33.0 Å². The van der Waals surface area contributed by atoms with Gasteiger partial charge < -0.3 is 28.3 Å². The number of amides is 1. The van der Waals surface area contributed by atoms with E-state index in [4.69, 9.17) is 28.7 Å². The molecule has 3 aromatic heterocycles. The minimum atomic E-state index is -0.729. The summed E-state index contributed by atoms with van der Waals surface area (Å²) in [6.07, 6.45) is 2.10. The third kappa shape index (κ3) is 7.51. The van der Waals surface area contributed by atoms with Gasteiger partial charge in [-0.3, -0.25) is 14.0 Å². The van der Waals surface area contributed by atoms with E-state index in [1.165, 1.54) is 22.6 Å². The summed E-state index contributed by atoms with van der Waals surface area (Å²) in [5.74, 6) is -0.366. The number of hydrogen-bond donors (Lipinski definition) is 0. The highest BCUT2D eigenvalue weighted by Gasteiger charge is 2.22. The summed E-state index contributed by atoms with van der Waals surface area (Å²) in [6, 6.07) is 9.66. The third-order valence-corrected chi connectivity index (χ3v) is 6.63. The Hall–Kier alpha value is -4.71. The molecule has 0 fully saturated rings. The van der Waals surface area contributed by atoms with Gasteiger partial charge in [0.2, 0.25) is 5.75 Å². The Kier molecular flexibility index (Phi) is 11.3. The van der Waals surface area contributed by atoms with E-state index < -0.39 is 11.9 Å². The van der Waals surface area contributed by atoms with Crippen molar-refractivity contribution in [3.05, 3.63) is 69.6 Å².